The highest BCUT2D eigenvalue weighted by Crippen LogP contribution is 2.25. The van der Waals surface area contributed by atoms with Crippen LogP contribution in [0.4, 0.5) is 0 Å². The number of benzene rings is 2. The van der Waals surface area contributed by atoms with Gasteiger partial charge in [-0.15, -0.1) is 0 Å². The number of amides is 1. The van der Waals surface area contributed by atoms with Crippen molar-refractivity contribution in [2.24, 2.45) is 5.10 Å². The maximum absolute atomic E-state index is 12.2. The fraction of sp³-hybridized carbons (Fsp3) is 0.176. The largest absolute Gasteiger partial charge is 0.507 e. The Hall–Kier alpha value is -2.54. The Balaban J connectivity index is 2.22. The lowest BCUT2D eigenvalue weighted by Crippen LogP contribution is -2.19. The Morgan fingerprint density at radius 1 is 1.12 bits per heavy atom. The van der Waals surface area contributed by atoms with Crippen LogP contribution in [0.15, 0.2) is 46.0 Å². The number of ether oxygens (including phenoxy) is 2. The van der Waals surface area contributed by atoms with Gasteiger partial charge in [0.1, 0.15) is 17.2 Å². The lowest BCUT2D eigenvalue weighted by molar-refractivity contribution is 0.0952. The van der Waals surface area contributed by atoms with Crippen LogP contribution in [0.5, 0.6) is 17.2 Å². The van der Waals surface area contributed by atoms with Crippen molar-refractivity contribution in [1.29, 1.82) is 0 Å². The molecule has 0 fully saturated rings. The van der Waals surface area contributed by atoms with Crippen LogP contribution < -0.4 is 14.9 Å². The molecule has 0 bridgehead atoms. The average molecular weight is 393 g/mol. The fourth-order valence-corrected chi connectivity index (χ4v) is 2.40. The first kappa shape index (κ1) is 17.8. The van der Waals surface area contributed by atoms with Crippen LogP contribution in [0, 0.1) is 0 Å². The second kappa shape index (κ2) is 7.83. The molecule has 7 heteroatoms. The van der Waals surface area contributed by atoms with Crippen molar-refractivity contribution < 1.29 is 19.4 Å². The molecule has 0 unspecified atom stereocenters. The number of nitrogens with one attached hydrogen (secondary N) is 1. The lowest BCUT2D eigenvalue weighted by atomic mass is 10.1. The molecule has 0 aliphatic heterocycles. The third-order valence-corrected chi connectivity index (χ3v) is 3.82. The summed E-state index contributed by atoms with van der Waals surface area (Å²) in [5.74, 6) is 0.604. The third-order valence-electron chi connectivity index (χ3n) is 3.33. The summed E-state index contributed by atoms with van der Waals surface area (Å²) in [6, 6.07) is 9.89. The molecule has 0 aliphatic carbocycles. The van der Waals surface area contributed by atoms with Gasteiger partial charge in [0.2, 0.25) is 0 Å². The number of methoxy groups -OCH3 is 2. The molecular weight excluding hydrogens is 376 g/mol. The quantitative estimate of drug-likeness (QED) is 0.603. The van der Waals surface area contributed by atoms with Crippen LogP contribution >= 0.6 is 15.9 Å². The summed E-state index contributed by atoms with van der Waals surface area (Å²) in [5.41, 5.74) is 3.83. The number of phenols is 1. The molecule has 2 N–H and O–H groups in total. The summed E-state index contributed by atoms with van der Waals surface area (Å²) in [7, 11) is 3.11. The highest BCUT2D eigenvalue weighted by molar-refractivity contribution is 9.10. The number of phenolic OH excluding ortho intramolecular Hbond substituents is 1. The summed E-state index contributed by atoms with van der Waals surface area (Å²) in [4.78, 5) is 12.2. The number of hydrogen-bond donors (Lipinski definition) is 2. The van der Waals surface area contributed by atoms with Crippen LogP contribution in [0.3, 0.4) is 0 Å². The minimum Gasteiger partial charge on any atom is -0.507 e. The highest BCUT2D eigenvalue weighted by Gasteiger charge is 2.12. The van der Waals surface area contributed by atoms with E-state index in [0.717, 1.165) is 5.56 Å². The van der Waals surface area contributed by atoms with Crippen molar-refractivity contribution in [3.05, 3.63) is 52.0 Å². The SMILES string of the molecule is COc1ccc(C(C)=NNC(=O)c2cc(Br)ccc2O)c(OC)c1. The van der Waals surface area contributed by atoms with Gasteiger partial charge in [-0.25, -0.2) is 5.43 Å². The summed E-state index contributed by atoms with van der Waals surface area (Å²) >= 11 is 3.26. The fourth-order valence-electron chi connectivity index (χ4n) is 2.04. The molecule has 0 aliphatic rings. The summed E-state index contributed by atoms with van der Waals surface area (Å²) in [5, 5.41) is 13.8. The molecule has 0 spiro atoms. The van der Waals surface area contributed by atoms with Gasteiger partial charge in [-0.3, -0.25) is 4.79 Å². The molecule has 126 valence electrons. The smallest absolute Gasteiger partial charge is 0.275 e. The zero-order valence-corrected chi connectivity index (χ0v) is 15.0. The van der Waals surface area contributed by atoms with Crippen molar-refractivity contribution in [3.8, 4) is 17.2 Å². The highest BCUT2D eigenvalue weighted by atomic mass is 79.9. The minimum atomic E-state index is -0.513. The normalized spacial score (nSPS) is 11.1. The van der Waals surface area contributed by atoms with E-state index in [-0.39, 0.29) is 11.3 Å². The van der Waals surface area contributed by atoms with Crippen LogP contribution in [0.25, 0.3) is 0 Å². The average Bonchev–Trinajstić information content (AvgIpc) is 2.60. The zero-order chi connectivity index (χ0) is 17.7. The molecule has 0 radical (unpaired) electrons. The maximum atomic E-state index is 12.2. The molecular formula is C17H17BrN2O4. The molecule has 0 saturated heterocycles. The van der Waals surface area contributed by atoms with Crippen LogP contribution in [0.2, 0.25) is 0 Å². The topological polar surface area (TPSA) is 80.2 Å². The molecule has 0 heterocycles. The van der Waals surface area contributed by atoms with Crippen molar-refractivity contribution >= 4 is 27.5 Å². The van der Waals surface area contributed by atoms with E-state index in [1.54, 1.807) is 45.4 Å². The number of halogens is 1. The van der Waals surface area contributed by atoms with Gasteiger partial charge < -0.3 is 14.6 Å². The van der Waals surface area contributed by atoms with Gasteiger partial charge in [0, 0.05) is 16.1 Å². The lowest BCUT2D eigenvalue weighted by Gasteiger charge is -2.10. The molecule has 24 heavy (non-hydrogen) atoms. The Labute approximate surface area is 148 Å². The second-order valence-corrected chi connectivity index (χ2v) is 5.78. The number of aromatic hydroxyl groups is 1. The van der Waals surface area contributed by atoms with E-state index in [9.17, 15) is 9.90 Å². The van der Waals surface area contributed by atoms with Crippen molar-refractivity contribution in [2.45, 2.75) is 6.92 Å². The van der Waals surface area contributed by atoms with Crippen LogP contribution in [0.1, 0.15) is 22.8 Å². The molecule has 2 rings (SSSR count). The predicted octanol–water partition coefficient (Wildman–Crippen LogP) is 3.33. The van der Waals surface area contributed by atoms with Crippen LogP contribution in [-0.4, -0.2) is 30.9 Å². The van der Waals surface area contributed by atoms with E-state index in [1.165, 1.54) is 12.1 Å². The van der Waals surface area contributed by atoms with Gasteiger partial charge in [-0.05, 0) is 37.3 Å². The van der Waals surface area contributed by atoms with Gasteiger partial charge >= 0.3 is 0 Å². The second-order valence-electron chi connectivity index (χ2n) is 4.87. The number of hydrogen-bond acceptors (Lipinski definition) is 5. The minimum absolute atomic E-state index is 0.120. The Kier molecular flexibility index (Phi) is 5.81. The first-order chi connectivity index (χ1) is 11.5. The monoisotopic (exact) mass is 392 g/mol. The molecule has 6 nitrogen and oxygen atoms in total. The molecule has 0 atom stereocenters. The van der Waals surface area contributed by atoms with Crippen molar-refractivity contribution in [2.75, 3.05) is 14.2 Å². The molecule has 2 aromatic rings. The summed E-state index contributed by atoms with van der Waals surface area (Å²) in [6.45, 7) is 1.74. The standard InChI is InChI=1S/C17H17BrN2O4/c1-10(13-6-5-12(23-2)9-16(13)24-3)19-20-17(22)14-8-11(18)4-7-15(14)21/h4-9,21H,1-3H3,(H,20,22). The first-order valence-corrected chi connectivity index (χ1v) is 7.81. The van der Waals surface area contributed by atoms with E-state index in [2.05, 4.69) is 26.5 Å². The number of carbonyl (C=O) groups excluding carboxylic acids is 1. The summed E-state index contributed by atoms with van der Waals surface area (Å²) < 4.78 is 11.1. The number of carbonyl (C=O) groups is 1. The Morgan fingerprint density at radius 2 is 1.88 bits per heavy atom. The van der Waals surface area contributed by atoms with Gasteiger partial charge in [0.05, 0.1) is 25.5 Å². The predicted molar refractivity (Wildman–Crippen MR) is 95.0 cm³/mol. The Bertz CT molecular complexity index is 790. The van der Waals surface area contributed by atoms with Crippen molar-refractivity contribution in [1.82, 2.24) is 5.43 Å². The third kappa shape index (κ3) is 4.05. The first-order valence-electron chi connectivity index (χ1n) is 7.01. The molecule has 0 saturated carbocycles. The van der Waals surface area contributed by atoms with E-state index in [4.69, 9.17) is 9.47 Å². The maximum Gasteiger partial charge on any atom is 0.275 e. The van der Waals surface area contributed by atoms with E-state index < -0.39 is 5.91 Å². The van der Waals surface area contributed by atoms with Crippen molar-refractivity contribution in [3.63, 3.8) is 0 Å². The zero-order valence-electron chi connectivity index (χ0n) is 13.5. The number of hydrazone groups is 1. The molecule has 2 aromatic carbocycles. The summed E-state index contributed by atoms with van der Waals surface area (Å²) in [6.07, 6.45) is 0. The van der Waals surface area contributed by atoms with Gasteiger partial charge in [-0.2, -0.15) is 5.10 Å². The number of nitrogens with zero attached hydrogens (tertiary/aromatic N) is 1. The van der Waals surface area contributed by atoms with Gasteiger partial charge in [0.15, 0.2) is 0 Å². The molecule has 1 amide bonds. The van der Waals surface area contributed by atoms with Gasteiger partial charge in [0.25, 0.3) is 5.91 Å². The Morgan fingerprint density at radius 3 is 2.54 bits per heavy atom. The molecule has 0 aromatic heterocycles. The van der Waals surface area contributed by atoms with Gasteiger partial charge in [-0.1, -0.05) is 15.9 Å². The van der Waals surface area contributed by atoms with Crippen LogP contribution in [-0.2, 0) is 0 Å². The van der Waals surface area contributed by atoms with E-state index in [0.29, 0.717) is 21.7 Å². The number of rotatable bonds is 5. The van der Waals surface area contributed by atoms with E-state index in [1.807, 2.05) is 0 Å². The van der Waals surface area contributed by atoms with E-state index >= 15 is 0 Å².